The second kappa shape index (κ2) is 7.77. The smallest absolute Gasteiger partial charge is 0.242 e. The average Bonchev–Trinajstić information content (AvgIpc) is 2.38. The molecule has 20 heavy (non-hydrogen) atoms. The summed E-state index contributed by atoms with van der Waals surface area (Å²) >= 11 is 0. The van der Waals surface area contributed by atoms with E-state index < -0.39 is 29.2 Å². The second-order valence-corrected chi connectivity index (χ2v) is 4.61. The standard InChI is InChI=1S/C14H19F3N2O/c1-3-4-5-6-18-14(20)9(2)19-13-11(16)7-10(15)8-12(13)17/h7-9,19H,3-6H2,1-2H3,(H,18,20). The van der Waals surface area contributed by atoms with Crippen LogP contribution in [0.2, 0.25) is 0 Å². The molecular formula is C14H19F3N2O. The van der Waals surface area contributed by atoms with Gasteiger partial charge in [0.25, 0.3) is 0 Å². The fraction of sp³-hybridized carbons (Fsp3) is 0.500. The van der Waals surface area contributed by atoms with Crippen LogP contribution in [-0.2, 0) is 4.79 Å². The molecule has 0 saturated carbocycles. The first kappa shape index (κ1) is 16.3. The van der Waals surface area contributed by atoms with Crippen molar-refractivity contribution in [3.8, 4) is 0 Å². The van der Waals surface area contributed by atoms with Crippen LogP contribution in [0.1, 0.15) is 33.1 Å². The van der Waals surface area contributed by atoms with Crippen molar-refractivity contribution in [2.24, 2.45) is 0 Å². The van der Waals surface area contributed by atoms with Gasteiger partial charge in [0.05, 0.1) is 0 Å². The largest absolute Gasteiger partial charge is 0.369 e. The molecule has 0 fully saturated rings. The highest BCUT2D eigenvalue weighted by molar-refractivity contribution is 5.84. The third-order valence-corrected chi connectivity index (χ3v) is 2.84. The zero-order valence-corrected chi connectivity index (χ0v) is 11.6. The molecule has 1 aromatic rings. The van der Waals surface area contributed by atoms with Gasteiger partial charge in [-0.1, -0.05) is 19.8 Å². The SMILES string of the molecule is CCCCCNC(=O)C(C)Nc1c(F)cc(F)cc1F. The molecular weight excluding hydrogens is 269 g/mol. The lowest BCUT2D eigenvalue weighted by Gasteiger charge is -2.16. The van der Waals surface area contributed by atoms with Gasteiger partial charge >= 0.3 is 0 Å². The molecule has 0 aromatic heterocycles. The van der Waals surface area contributed by atoms with Gasteiger partial charge in [0.1, 0.15) is 17.5 Å². The van der Waals surface area contributed by atoms with Crippen molar-refractivity contribution in [3.63, 3.8) is 0 Å². The number of rotatable bonds is 7. The Kier molecular flexibility index (Phi) is 6.35. The number of carbonyl (C=O) groups is 1. The summed E-state index contributed by atoms with van der Waals surface area (Å²) in [7, 11) is 0. The van der Waals surface area contributed by atoms with Gasteiger partial charge in [-0.25, -0.2) is 13.2 Å². The first-order valence-corrected chi connectivity index (χ1v) is 6.64. The summed E-state index contributed by atoms with van der Waals surface area (Å²) in [5, 5.41) is 5.09. The van der Waals surface area contributed by atoms with Crippen molar-refractivity contribution >= 4 is 11.6 Å². The number of hydrogen-bond donors (Lipinski definition) is 2. The Morgan fingerprint density at radius 3 is 2.35 bits per heavy atom. The topological polar surface area (TPSA) is 41.1 Å². The highest BCUT2D eigenvalue weighted by Gasteiger charge is 2.17. The number of halogens is 3. The third-order valence-electron chi connectivity index (χ3n) is 2.84. The maximum absolute atomic E-state index is 13.4. The molecule has 0 bridgehead atoms. The Morgan fingerprint density at radius 2 is 1.80 bits per heavy atom. The van der Waals surface area contributed by atoms with Gasteiger partial charge in [-0.3, -0.25) is 4.79 Å². The zero-order valence-electron chi connectivity index (χ0n) is 11.6. The van der Waals surface area contributed by atoms with Crippen LogP contribution >= 0.6 is 0 Å². The van der Waals surface area contributed by atoms with Gasteiger partial charge in [-0.15, -0.1) is 0 Å². The monoisotopic (exact) mass is 288 g/mol. The number of amides is 1. The van der Waals surface area contributed by atoms with Gasteiger partial charge in [0.15, 0.2) is 11.6 Å². The van der Waals surface area contributed by atoms with E-state index in [1.165, 1.54) is 6.92 Å². The quantitative estimate of drug-likeness (QED) is 0.756. The molecule has 0 heterocycles. The minimum atomic E-state index is -1.06. The molecule has 1 aromatic carbocycles. The van der Waals surface area contributed by atoms with Crippen molar-refractivity contribution in [3.05, 3.63) is 29.6 Å². The van der Waals surface area contributed by atoms with Gasteiger partial charge in [-0.05, 0) is 13.3 Å². The molecule has 1 atom stereocenters. The summed E-state index contributed by atoms with van der Waals surface area (Å²) in [6.07, 6.45) is 2.90. The first-order chi connectivity index (χ1) is 9.45. The van der Waals surface area contributed by atoms with Crippen molar-refractivity contribution in [2.45, 2.75) is 39.2 Å². The van der Waals surface area contributed by atoms with E-state index in [0.717, 1.165) is 19.3 Å². The molecule has 0 aliphatic heterocycles. The van der Waals surface area contributed by atoms with Crippen molar-refractivity contribution in [2.75, 3.05) is 11.9 Å². The second-order valence-electron chi connectivity index (χ2n) is 4.61. The Morgan fingerprint density at radius 1 is 1.20 bits per heavy atom. The summed E-state index contributed by atoms with van der Waals surface area (Å²) < 4.78 is 39.6. The number of hydrogen-bond acceptors (Lipinski definition) is 2. The molecule has 3 nitrogen and oxygen atoms in total. The van der Waals surface area contributed by atoms with Gasteiger partial charge in [0, 0.05) is 18.7 Å². The molecule has 1 unspecified atom stereocenters. The van der Waals surface area contributed by atoms with Gasteiger partial charge in [0.2, 0.25) is 5.91 Å². The number of benzene rings is 1. The highest BCUT2D eigenvalue weighted by Crippen LogP contribution is 2.20. The van der Waals surface area contributed by atoms with E-state index in [4.69, 9.17) is 0 Å². The van der Waals surface area contributed by atoms with Crippen LogP contribution in [0.4, 0.5) is 18.9 Å². The molecule has 1 amide bonds. The van der Waals surface area contributed by atoms with Gasteiger partial charge in [-0.2, -0.15) is 0 Å². The third kappa shape index (κ3) is 4.75. The predicted octanol–water partition coefficient (Wildman–Crippen LogP) is 3.21. The van der Waals surface area contributed by atoms with Crippen LogP contribution in [0.25, 0.3) is 0 Å². The lowest BCUT2D eigenvalue weighted by Crippen LogP contribution is -2.38. The highest BCUT2D eigenvalue weighted by atomic mass is 19.1. The normalized spacial score (nSPS) is 12.1. The minimum Gasteiger partial charge on any atom is -0.369 e. The summed E-state index contributed by atoms with van der Waals surface area (Å²) in [5.74, 6) is -3.48. The maximum Gasteiger partial charge on any atom is 0.242 e. The first-order valence-electron chi connectivity index (χ1n) is 6.64. The molecule has 2 N–H and O–H groups in total. The fourth-order valence-electron chi connectivity index (χ4n) is 1.70. The van der Waals surface area contributed by atoms with Crippen LogP contribution in [0.5, 0.6) is 0 Å². The summed E-state index contributed by atoms with van der Waals surface area (Å²) in [6, 6.07) is 0.320. The lowest BCUT2D eigenvalue weighted by molar-refractivity contribution is -0.121. The van der Waals surface area contributed by atoms with E-state index in [1.54, 1.807) is 0 Å². The lowest BCUT2D eigenvalue weighted by atomic mass is 10.2. The van der Waals surface area contributed by atoms with E-state index in [1.807, 2.05) is 6.92 Å². The van der Waals surface area contributed by atoms with Crippen LogP contribution in [0.15, 0.2) is 12.1 Å². The molecule has 1 rings (SSSR count). The predicted molar refractivity (Wildman–Crippen MR) is 71.9 cm³/mol. The van der Waals surface area contributed by atoms with E-state index in [0.29, 0.717) is 18.7 Å². The van der Waals surface area contributed by atoms with Crippen molar-refractivity contribution < 1.29 is 18.0 Å². The number of unbranched alkanes of at least 4 members (excludes halogenated alkanes) is 2. The minimum absolute atomic E-state index is 0.357. The van der Waals surface area contributed by atoms with E-state index in [-0.39, 0.29) is 5.91 Å². The van der Waals surface area contributed by atoms with E-state index >= 15 is 0 Å². The Balaban J connectivity index is 2.57. The molecule has 0 aliphatic rings. The molecule has 6 heteroatoms. The molecule has 0 radical (unpaired) electrons. The van der Waals surface area contributed by atoms with Crippen molar-refractivity contribution in [1.29, 1.82) is 0 Å². The molecule has 0 saturated heterocycles. The summed E-state index contributed by atoms with van der Waals surface area (Å²) in [5.41, 5.74) is -0.498. The van der Waals surface area contributed by atoms with Crippen molar-refractivity contribution in [1.82, 2.24) is 5.32 Å². The van der Waals surface area contributed by atoms with Crippen LogP contribution in [0, 0.1) is 17.5 Å². The molecule has 112 valence electrons. The Hall–Kier alpha value is -1.72. The van der Waals surface area contributed by atoms with E-state index in [9.17, 15) is 18.0 Å². The number of carbonyl (C=O) groups excluding carboxylic acids is 1. The van der Waals surface area contributed by atoms with Crippen LogP contribution < -0.4 is 10.6 Å². The van der Waals surface area contributed by atoms with Gasteiger partial charge < -0.3 is 10.6 Å². The summed E-state index contributed by atoms with van der Waals surface area (Å²) in [4.78, 5) is 11.7. The average molecular weight is 288 g/mol. The number of anilines is 1. The maximum atomic E-state index is 13.4. The Bertz CT molecular complexity index is 443. The molecule has 0 spiro atoms. The fourth-order valence-corrected chi connectivity index (χ4v) is 1.70. The summed E-state index contributed by atoms with van der Waals surface area (Å²) in [6.45, 7) is 4.05. The number of nitrogens with one attached hydrogen (secondary N) is 2. The molecule has 0 aliphatic carbocycles. The van der Waals surface area contributed by atoms with Crippen LogP contribution in [0.3, 0.4) is 0 Å². The van der Waals surface area contributed by atoms with E-state index in [2.05, 4.69) is 10.6 Å². The van der Waals surface area contributed by atoms with Crippen LogP contribution in [-0.4, -0.2) is 18.5 Å². The Labute approximate surface area is 116 Å². The zero-order chi connectivity index (χ0) is 15.1.